The Morgan fingerprint density at radius 1 is 1.28 bits per heavy atom. The highest BCUT2D eigenvalue weighted by Crippen LogP contribution is 2.50. The maximum atomic E-state index is 11.3. The number of carbonyl (C=O) groups is 1. The third-order valence-corrected chi connectivity index (χ3v) is 4.63. The van der Waals surface area contributed by atoms with Crippen molar-refractivity contribution in [2.24, 2.45) is 0 Å². The van der Waals surface area contributed by atoms with Crippen LogP contribution in [0.25, 0.3) is 10.4 Å². The SMILES string of the molecule is Cc1ccc(-c2cc(C3(C(=O)O)CC3)cs2)cc1. The van der Waals surface area contributed by atoms with Gasteiger partial charge in [0.2, 0.25) is 0 Å². The van der Waals surface area contributed by atoms with Crippen LogP contribution in [0, 0.1) is 6.92 Å². The van der Waals surface area contributed by atoms with Crippen LogP contribution in [0.1, 0.15) is 24.0 Å². The van der Waals surface area contributed by atoms with E-state index in [1.54, 1.807) is 11.3 Å². The second kappa shape index (κ2) is 3.95. The molecule has 3 rings (SSSR count). The lowest BCUT2D eigenvalue weighted by atomic mass is 9.98. The van der Waals surface area contributed by atoms with Gasteiger partial charge in [0.25, 0.3) is 0 Å². The zero-order valence-electron chi connectivity index (χ0n) is 10.1. The van der Waals surface area contributed by atoms with Crippen LogP contribution in [0.4, 0.5) is 0 Å². The van der Waals surface area contributed by atoms with Gasteiger partial charge in [-0.25, -0.2) is 0 Å². The Morgan fingerprint density at radius 2 is 1.94 bits per heavy atom. The Morgan fingerprint density at radius 3 is 2.50 bits per heavy atom. The summed E-state index contributed by atoms with van der Waals surface area (Å²) < 4.78 is 0. The highest BCUT2D eigenvalue weighted by Gasteiger charge is 2.52. The minimum atomic E-state index is -0.684. The van der Waals surface area contributed by atoms with Crippen LogP contribution in [-0.2, 0) is 10.2 Å². The van der Waals surface area contributed by atoms with Crippen molar-refractivity contribution in [3.8, 4) is 10.4 Å². The molecule has 1 aromatic heterocycles. The summed E-state index contributed by atoms with van der Waals surface area (Å²) in [7, 11) is 0. The molecule has 1 saturated carbocycles. The molecule has 1 aliphatic rings. The zero-order chi connectivity index (χ0) is 12.8. The fraction of sp³-hybridized carbons (Fsp3) is 0.267. The minimum Gasteiger partial charge on any atom is -0.481 e. The normalized spacial score (nSPS) is 16.5. The number of rotatable bonds is 3. The lowest BCUT2D eigenvalue weighted by Crippen LogP contribution is -2.18. The molecule has 2 aromatic rings. The topological polar surface area (TPSA) is 37.3 Å². The van der Waals surface area contributed by atoms with E-state index >= 15 is 0 Å². The van der Waals surface area contributed by atoms with Gasteiger partial charge in [-0.2, -0.15) is 0 Å². The Kier molecular flexibility index (Phi) is 2.52. The van der Waals surface area contributed by atoms with Gasteiger partial charge in [-0.15, -0.1) is 11.3 Å². The predicted octanol–water partition coefficient (Wildman–Crippen LogP) is 3.84. The van der Waals surface area contributed by atoms with Crippen molar-refractivity contribution in [1.82, 2.24) is 0 Å². The summed E-state index contributed by atoms with van der Waals surface area (Å²) in [5.74, 6) is -0.684. The minimum absolute atomic E-state index is 0.584. The van der Waals surface area contributed by atoms with Gasteiger partial charge >= 0.3 is 5.97 Å². The molecule has 18 heavy (non-hydrogen) atoms. The summed E-state index contributed by atoms with van der Waals surface area (Å²) in [6, 6.07) is 10.4. The molecule has 0 amide bonds. The molecular formula is C15H14O2S. The monoisotopic (exact) mass is 258 g/mol. The second-order valence-corrected chi connectivity index (χ2v) is 5.86. The molecule has 1 aromatic carbocycles. The first-order chi connectivity index (χ1) is 8.62. The quantitative estimate of drug-likeness (QED) is 0.908. The van der Waals surface area contributed by atoms with Gasteiger partial charge in [0.15, 0.2) is 0 Å². The fourth-order valence-electron chi connectivity index (χ4n) is 2.21. The average molecular weight is 258 g/mol. The first-order valence-corrected chi connectivity index (χ1v) is 6.89. The first kappa shape index (κ1) is 11.5. The van der Waals surface area contributed by atoms with Crippen molar-refractivity contribution in [1.29, 1.82) is 0 Å². The molecule has 92 valence electrons. The largest absolute Gasteiger partial charge is 0.481 e. The molecule has 1 aliphatic carbocycles. The van der Waals surface area contributed by atoms with E-state index in [4.69, 9.17) is 0 Å². The van der Waals surface area contributed by atoms with Gasteiger partial charge in [0.05, 0.1) is 5.41 Å². The van der Waals surface area contributed by atoms with E-state index in [1.807, 2.05) is 11.4 Å². The van der Waals surface area contributed by atoms with Gasteiger partial charge in [-0.1, -0.05) is 29.8 Å². The molecule has 0 unspecified atom stereocenters. The van der Waals surface area contributed by atoms with Crippen LogP contribution in [0.2, 0.25) is 0 Å². The number of hydrogen-bond acceptors (Lipinski definition) is 2. The zero-order valence-corrected chi connectivity index (χ0v) is 11.0. The van der Waals surface area contributed by atoms with Crippen molar-refractivity contribution < 1.29 is 9.90 Å². The first-order valence-electron chi connectivity index (χ1n) is 6.01. The van der Waals surface area contributed by atoms with Crippen molar-refractivity contribution >= 4 is 17.3 Å². The molecule has 2 nitrogen and oxygen atoms in total. The highest BCUT2D eigenvalue weighted by atomic mass is 32.1. The maximum absolute atomic E-state index is 11.3. The van der Waals surface area contributed by atoms with Crippen LogP contribution in [0.5, 0.6) is 0 Å². The average Bonchev–Trinajstić information content (AvgIpc) is 3.03. The molecule has 0 spiro atoms. The molecule has 0 bridgehead atoms. The van der Waals surface area contributed by atoms with Crippen LogP contribution < -0.4 is 0 Å². The van der Waals surface area contributed by atoms with Crippen LogP contribution in [0.3, 0.4) is 0 Å². The summed E-state index contributed by atoms with van der Waals surface area (Å²) in [5, 5.41) is 11.3. The van der Waals surface area contributed by atoms with Crippen molar-refractivity contribution in [2.45, 2.75) is 25.2 Å². The molecule has 0 radical (unpaired) electrons. The van der Waals surface area contributed by atoms with Gasteiger partial charge in [-0.05, 0) is 42.3 Å². The molecule has 3 heteroatoms. The number of benzene rings is 1. The number of aliphatic carboxylic acids is 1. The summed E-state index contributed by atoms with van der Waals surface area (Å²) >= 11 is 1.63. The Balaban J connectivity index is 1.95. The van der Waals surface area contributed by atoms with E-state index in [1.165, 1.54) is 5.56 Å². The lowest BCUT2D eigenvalue weighted by Gasteiger charge is -2.05. The van der Waals surface area contributed by atoms with E-state index in [9.17, 15) is 9.90 Å². The third kappa shape index (κ3) is 1.75. The van der Waals surface area contributed by atoms with E-state index in [0.29, 0.717) is 0 Å². The summed E-state index contributed by atoms with van der Waals surface area (Å²) in [6.45, 7) is 2.06. The van der Waals surface area contributed by atoms with Gasteiger partial charge in [-0.3, -0.25) is 4.79 Å². The highest BCUT2D eigenvalue weighted by molar-refractivity contribution is 7.13. The van der Waals surface area contributed by atoms with Crippen molar-refractivity contribution in [2.75, 3.05) is 0 Å². The molecule has 0 atom stereocenters. The van der Waals surface area contributed by atoms with E-state index < -0.39 is 11.4 Å². The van der Waals surface area contributed by atoms with E-state index in [0.717, 1.165) is 28.8 Å². The predicted molar refractivity (Wildman–Crippen MR) is 73.0 cm³/mol. The smallest absolute Gasteiger partial charge is 0.314 e. The summed E-state index contributed by atoms with van der Waals surface area (Å²) in [5.41, 5.74) is 2.78. The lowest BCUT2D eigenvalue weighted by molar-refractivity contribution is -0.140. The van der Waals surface area contributed by atoms with Gasteiger partial charge in [0.1, 0.15) is 0 Å². The molecule has 1 N–H and O–H groups in total. The molecule has 0 saturated heterocycles. The molecule has 1 fully saturated rings. The second-order valence-electron chi connectivity index (χ2n) is 4.95. The van der Waals surface area contributed by atoms with Gasteiger partial charge < -0.3 is 5.11 Å². The molecule has 1 heterocycles. The molecule has 0 aliphatic heterocycles. The summed E-state index contributed by atoms with van der Waals surface area (Å²) in [6.07, 6.45) is 1.54. The summed E-state index contributed by atoms with van der Waals surface area (Å²) in [4.78, 5) is 12.4. The fourth-order valence-corrected chi connectivity index (χ4v) is 3.22. The van der Waals surface area contributed by atoms with Crippen molar-refractivity contribution in [3.63, 3.8) is 0 Å². The number of hydrogen-bond donors (Lipinski definition) is 1. The molecular weight excluding hydrogens is 244 g/mol. The number of aryl methyl sites for hydroxylation is 1. The van der Waals surface area contributed by atoms with E-state index in [2.05, 4.69) is 31.2 Å². The van der Waals surface area contributed by atoms with Crippen LogP contribution in [0.15, 0.2) is 35.7 Å². The number of carboxylic acid groups (broad SMARTS) is 1. The maximum Gasteiger partial charge on any atom is 0.314 e. The Hall–Kier alpha value is -1.61. The Bertz CT molecular complexity index is 591. The number of thiophene rings is 1. The Labute approximate surface area is 110 Å². The standard InChI is InChI=1S/C15H14O2S/c1-10-2-4-11(5-3-10)13-8-12(9-18-13)15(6-7-15)14(16)17/h2-5,8-9H,6-7H2,1H3,(H,16,17). The number of carboxylic acids is 1. The van der Waals surface area contributed by atoms with Crippen molar-refractivity contribution in [3.05, 3.63) is 46.8 Å². The van der Waals surface area contributed by atoms with Crippen LogP contribution >= 0.6 is 11.3 Å². The third-order valence-electron chi connectivity index (χ3n) is 3.65. The van der Waals surface area contributed by atoms with Gasteiger partial charge in [0, 0.05) is 4.88 Å². The van der Waals surface area contributed by atoms with E-state index in [-0.39, 0.29) is 0 Å². The van der Waals surface area contributed by atoms with Crippen LogP contribution in [-0.4, -0.2) is 11.1 Å².